The molecule has 3 N–H and O–H groups in total. The normalized spacial score (nSPS) is 29.7. The highest BCUT2D eigenvalue weighted by Gasteiger charge is 2.39. The highest BCUT2D eigenvalue weighted by molar-refractivity contribution is 7.09. The van der Waals surface area contributed by atoms with Crippen LogP contribution in [0.1, 0.15) is 42.7 Å². The van der Waals surface area contributed by atoms with E-state index in [1.54, 1.807) is 4.57 Å². The predicted octanol–water partition coefficient (Wildman–Crippen LogP) is 1.97. The molecule has 1 aromatic rings. The molecule has 2 atom stereocenters. The van der Waals surface area contributed by atoms with Gasteiger partial charge in [-0.1, -0.05) is 17.8 Å². The predicted molar refractivity (Wildman–Crippen MR) is 95.3 cm³/mol. The molecule has 0 spiro atoms. The first-order valence-electron chi connectivity index (χ1n) is 8.17. The summed E-state index contributed by atoms with van der Waals surface area (Å²) >= 11 is 1.21. The second-order valence-corrected chi connectivity index (χ2v) is 8.04. The van der Waals surface area contributed by atoms with Crippen molar-refractivity contribution in [2.24, 2.45) is 17.6 Å². The van der Waals surface area contributed by atoms with E-state index in [4.69, 9.17) is 5.73 Å². The first kappa shape index (κ1) is 18.5. The van der Waals surface area contributed by atoms with Gasteiger partial charge in [-0.2, -0.15) is 0 Å². The van der Waals surface area contributed by atoms with Gasteiger partial charge in [0.15, 0.2) is 0 Å². The van der Waals surface area contributed by atoms with E-state index in [9.17, 15) is 9.59 Å². The first-order valence-corrected chi connectivity index (χ1v) is 8.99. The van der Waals surface area contributed by atoms with Gasteiger partial charge in [-0.3, -0.25) is 14.2 Å². The van der Waals surface area contributed by atoms with Crippen LogP contribution < -0.4 is 15.9 Å². The van der Waals surface area contributed by atoms with Gasteiger partial charge >= 0.3 is 4.87 Å². The van der Waals surface area contributed by atoms with Crippen molar-refractivity contribution < 1.29 is 4.79 Å². The Hall–Kier alpha value is -0.850. The van der Waals surface area contributed by atoms with E-state index in [-0.39, 0.29) is 41.8 Å². The SMILES string of the molecule is Cc1sc(=O)n(CC(=O)NC2C3CCCC2CC(N)C3)c1C.Cl. The van der Waals surface area contributed by atoms with Gasteiger partial charge in [-0.15, -0.1) is 12.4 Å². The van der Waals surface area contributed by atoms with Crippen molar-refractivity contribution in [1.29, 1.82) is 0 Å². The van der Waals surface area contributed by atoms with E-state index in [1.807, 2.05) is 13.8 Å². The topological polar surface area (TPSA) is 77.1 Å². The Bertz CT molecular complexity index is 613. The highest BCUT2D eigenvalue weighted by atomic mass is 35.5. The number of carbonyl (C=O) groups excluding carboxylic acids is 1. The lowest BCUT2D eigenvalue weighted by molar-refractivity contribution is -0.124. The molecule has 3 rings (SSSR count). The van der Waals surface area contributed by atoms with Crippen LogP contribution in [-0.4, -0.2) is 22.6 Å². The van der Waals surface area contributed by atoms with Crippen molar-refractivity contribution >= 4 is 29.7 Å². The van der Waals surface area contributed by atoms with E-state index < -0.39 is 0 Å². The molecule has 0 aliphatic heterocycles. The lowest BCUT2D eigenvalue weighted by Gasteiger charge is -2.45. The Labute approximate surface area is 147 Å². The third kappa shape index (κ3) is 3.80. The van der Waals surface area contributed by atoms with Gasteiger partial charge in [0.05, 0.1) is 0 Å². The fourth-order valence-electron chi connectivity index (χ4n) is 4.17. The molecule has 0 aromatic carbocycles. The van der Waals surface area contributed by atoms with Gasteiger partial charge in [0, 0.05) is 22.7 Å². The minimum atomic E-state index is -0.0454. The Morgan fingerprint density at radius 3 is 2.43 bits per heavy atom. The molecule has 0 radical (unpaired) electrons. The van der Waals surface area contributed by atoms with Gasteiger partial charge in [-0.05, 0) is 51.4 Å². The molecule has 1 aromatic heterocycles. The monoisotopic (exact) mass is 359 g/mol. The summed E-state index contributed by atoms with van der Waals surface area (Å²) in [5.41, 5.74) is 7.03. The van der Waals surface area contributed by atoms with Crippen molar-refractivity contribution in [2.45, 2.75) is 64.6 Å². The van der Waals surface area contributed by atoms with Gasteiger partial charge < -0.3 is 11.1 Å². The number of amides is 1. The van der Waals surface area contributed by atoms with Gasteiger partial charge in [-0.25, -0.2) is 0 Å². The standard InChI is InChI=1S/C16H25N3O2S.ClH/c1-9-10(2)22-16(21)19(9)8-14(20)18-15-11-4-3-5-12(15)7-13(17)6-11;/h11-13,15H,3-8,17H2,1-2H3,(H,18,20);1H. The van der Waals surface area contributed by atoms with Crippen LogP contribution in [-0.2, 0) is 11.3 Å². The summed E-state index contributed by atoms with van der Waals surface area (Å²) in [4.78, 5) is 25.3. The summed E-state index contributed by atoms with van der Waals surface area (Å²) in [5.74, 6) is 0.974. The Morgan fingerprint density at radius 2 is 1.91 bits per heavy atom. The number of thiazole rings is 1. The molecule has 1 amide bonds. The molecule has 2 unspecified atom stereocenters. The average Bonchev–Trinajstić information content (AvgIpc) is 2.66. The molecule has 2 saturated carbocycles. The highest BCUT2D eigenvalue weighted by Crippen LogP contribution is 2.39. The van der Waals surface area contributed by atoms with Crippen molar-refractivity contribution in [3.05, 3.63) is 20.2 Å². The van der Waals surface area contributed by atoms with Crippen LogP contribution >= 0.6 is 23.7 Å². The Balaban J connectivity index is 0.00000192. The van der Waals surface area contributed by atoms with Crippen LogP contribution in [0.2, 0.25) is 0 Å². The molecule has 5 nitrogen and oxygen atoms in total. The smallest absolute Gasteiger partial charge is 0.308 e. The second kappa shape index (κ2) is 7.36. The van der Waals surface area contributed by atoms with Gasteiger partial charge in [0.25, 0.3) is 0 Å². The van der Waals surface area contributed by atoms with E-state index in [2.05, 4.69) is 5.32 Å². The van der Waals surface area contributed by atoms with Crippen LogP contribution in [0.3, 0.4) is 0 Å². The number of aromatic nitrogens is 1. The molecule has 130 valence electrons. The zero-order valence-electron chi connectivity index (χ0n) is 13.7. The molecule has 23 heavy (non-hydrogen) atoms. The van der Waals surface area contributed by atoms with E-state index in [1.165, 1.54) is 17.8 Å². The number of carbonyl (C=O) groups is 1. The summed E-state index contributed by atoms with van der Waals surface area (Å²) in [6.07, 6.45) is 5.59. The number of hydrogen-bond donors (Lipinski definition) is 2. The van der Waals surface area contributed by atoms with Crippen molar-refractivity contribution in [3.8, 4) is 0 Å². The van der Waals surface area contributed by atoms with Gasteiger partial charge in [0.1, 0.15) is 6.54 Å². The minimum Gasteiger partial charge on any atom is -0.351 e. The summed E-state index contributed by atoms with van der Waals surface area (Å²) in [5, 5.41) is 3.20. The number of rotatable bonds is 3. The maximum absolute atomic E-state index is 12.4. The largest absolute Gasteiger partial charge is 0.351 e. The molecule has 1 heterocycles. The summed E-state index contributed by atoms with van der Waals surface area (Å²) in [6.45, 7) is 3.95. The maximum atomic E-state index is 12.4. The van der Waals surface area contributed by atoms with E-state index in [0.717, 1.165) is 36.3 Å². The van der Waals surface area contributed by atoms with Crippen molar-refractivity contribution in [1.82, 2.24) is 9.88 Å². The minimum absolute atomic E-state index is 0. The van der Waals surface area contributed by atoms with Gasteiger partial charge in [0.2, 0.25) is 5.91 Å². The lowest BCUT2D eigenvalue weighted by Crippen LogP contribution is -2.54. The second-order valence-electron chi connectivity index (χ2n) is 6.87. The molecular weight excluding hydrogens is 334 g/mol. The fraction of sp³-hybridized carbons (Fsp3) is 0.750. The van der Waals surface area contributed by atoms with E-state index >= 15 is 0 Å². The zero-order valence-corrected chi connectivity index (χ0v) is 15.3. The van der Waals surface area contributed by atoms with Crippen LogP contribution in [0, 0.1) is 25.7 Å². The van der Waals surface area contributed by atoms with Crippen LogP contribution in [0.25, 0.3) is 0 Å². The van der Waals surface area contributed by atoms with Crippen molar-refractivity contribution in [3.63, 3.8) is 0 Å². The number of nitrogens with zero attached hydrogens (tertiary/aromatic N) is 1. The fourth-order valence-corrected chi connectivity index (χ4v) is 5.00. The van der Waals surface area contributed by atoms with E-state index in [0.29, 0.717) is 11.8 Å². The number of aryl methyl sites for hydroxylation is 1. The number of halogens is 1. The summed E-state index contributed by atoms with van der Waals surface area (Å²) < 4.78 is 1.58. The molecule has 2 aliphatic carbocycles. The summed E-state index contributed by atoms with van der Waals surface area (Å²) in [7, 11) is 0. The van der Waals surface area contributed by atoms with Crippen LogP contribution in [0.4, 0.5) is 0 Å². The van der Waals surface area contributed by atoms with Crippen molar-refractivity contribution in [2.75, 3.05) is 0 Å². The molecule has 2 fully saturated rings. The Morgan fingerprint density at radius 1 is 1.30 bits per heavy atom. The summed E-state index contributed by atoms with van der Waals surface area (Å²) in [6, 6.07) is 0.532. The number of nitrogens with one attached hydrogen (secondary N) is 1. The molecular formula is C16H26ClN3O2S. The third-order valence-corrected chi connectivity index (χ3v) is 6.38. The number of fused-ring (bicyclic) bond motifs is 2. The molecule has 2 bridgehead atoms. The lowest BCUT2D eigenvalue weighted by atomic mass is 9.67. The quantitative estimate of drug-likeness (QED) is 0.866. The maximum Gasteiger partial charge on any atom is 0.308 e. The average molecular weight is 360 g/mol. The van der Waals surface area contributed by atoms with Crippen LogP contribution in [0.15, 0.2) is 4.79 Å². The Kier molecular flexibility index (Phi) is 5.92. The zero-order chi connectivity index (χ0) is 15.9. The number of nitrogens with two attached hydrogens (primary N) is 1. The molecule has 0 saturated heterocycles. The third-order valence-electron chi connectivity index (χ3n) is 5.38. The first-order chi connectivity index (χ1) is 10.5. The molecule has 7 heteroatoms. The molecule has 2 aliphatic rings. The van der Waals surface area contributed by atoms with Crippen LogP contribution in [0.5, 0.6) is 0 Å². The number of hydrogen-bond acceptors (Lipinski definition) is 4.